The molecule has 3 aromatic rings. The summed E-state index contributed by atoms with van der Waals surface area (Å²) in [5.41, 5.74) is 4.01. The minimum absolute atomic E-state index is 0.211. The zero-order valence-corrected chi connectivity index (χ0v) is 20.6. The van der Waals surface area contributed by atoms with Crippen LogP contribution in [0.25, 0.3) is 10.8 Å². The molecule has 1 saturated carbocycles. The van der Waals surface area contributed by atoms with Gasteiger partial charge in [-0.05, 0) is 78.7 Å². The summed E-state index contributed by atoms with van der Waals surface area (Å²) in [7, 11) is 0. The smallest absolute Gasteiger partial charge is 0.146 e. The van der Waals surface area contributed by atoms with Gasteiger partial charge in [0.1, 0.15) is 5.82 Å². The lowest BCUT2D eigenvalue weighted by Crippen LogP contribution is -2.15. The first-order chi connectivity index (χ1) is 16.7. The summed E-state index contributed by atoms with van der Waals surface area (Å²) in [6, 6.07) is 18.3. The van der Waals surface area contributed by atoms with Crippen molar-refractivity contribution in [3.63, 3.8) is 0 Å². The summed E-state index contributed by atoms with van der Waals surface area (Å²) in [6.45, 7) is 6.03. The molecule has 4 rings (SSSR count). The Bertz CT molecular complexity index is 1150. The molecule has 0 nitrogen and oxygen atoms in total. The number of hydrogen-bond acceptors (Lipinski definition) is 0. The van der Waals surface area contributed by atoms with E-state index in [9.17, 15) is 0 Å². The number of fused-ring (bicyclic) bond motifs is 1. The summed E-state index contributed by atoms with van der Waals surface area (Å²) >= 11 is 0. The molecule has 1 fully saturated rings. The second-order valence-electron chi connectivity index (χ2n) is 9.97. The zero-order chi connectivity index (χ0) is 23.8. The zero-order valence-electron chi connectivity index (χ0n) is 20.6. The van der Waals surface area contributed by atoms with Crippen molar-refractivity contribution in [1.82, 2.24) is 0 Å². The SMILES string of the molecule is C=CCCC1CCC(CCc2ccc3c(F)c(C#Cc4ccc(CCC)cc4)ccc3c2)CC1. The second-order valence-corrected chi connectivity index (χ2v) is 9.97. The maximum atomic E-state index is 15.2. The summed E-state index contributed by atoms with van der Waals surface area (Å²) in [4.78, 5) is 0. The number of allylic oxidation sites excluding steroid dienone is 1. The Hall–Kier alpha value is -2.85. The minimum atomic E-state index is -0.211. The van der Waals surface area contributed by atoms with Gasteiger partial charge in [0.25, 0.3) is 0 Å². The van der Waals surface area contributed by atoms with Crippen molar-refractivity contribution in [2.75, 3.05) is 0 Å². The first-order valence-corrected chi connectivity index (χ1v) is 13.1. The lowest BCUT2D eigenvalue weighted by atomic mass is 9.78. The van der Waals surface area contributed by atoms with Crippen LogP contribution in [0.5, 0.6) is 0 Å². The average molecular weight is 453 g/mol. The van der Waals surface area contributed by atoms with Crippen LogP contribution >= 0.6 is 0 Å². The summed E-state index contributed by atoms with van der Waals surface area (Å²) < 4.78 is 15.2. The Morgan fingerprint density at radius 2 is 1.56 bits per heavy atom. The van der Waals surface area contributed by atoms with E-state index in [-0.39, 0.29) is 5.82 Å². The van der Waals surface area contributed by atoms with E-state index in [4.69, 9.17) is 0 Å². The second kappa shape index (κ2) is 12.0. The Labute approximate surface area is 205 Å². The van der Waals surface area contributed by atoms with Gasteiger partial charge in [0, 0.05) is 10.9 Å². The molecule has 0 aliphatic heterocycles. The Morgan fingerprint density at radius 1 is 0.853 bits per heavy atom. The van der Waals surface area contributed by atoms with E-state index in [1.54, 1.807) is 0 Å². The normalized spacial score (nSPS) is 17.8. The van der Waals surface area contributed by atoms with Crippen LogP contribution < -0.4 is 0 Å². The summed E-state index contributed by atoms with van der Waals surface area (Å²) in [5.74, 6) is 7.69. The predicted molar refractivity (Wildman–Crippen MR) is 144 cm³/mol. The van der Waals surface area contributed by atoms with E-state index in [1.165, 1.54) is 49.7 Å². The van der Waals surface area contributed by atoms with Crippen molar-refractivity contribution >= 4 is 10.8 Å². The topological polar surface area (TPSA) is 0 Å². The lowest BCUT2D eigenvalue weighted by molar-refractivity contribution is 0.254. The number of benzene rings is 3. The third kappa shape index (κ3) is 6.38. The van der Waals surface area contributed by atoms with E-state index < -0.39 is 0 Å². The highest BCUT2D eigenvalue weighted by molar-refractivity contribution is 5.85. The summed E-state index contributed by atoms with van der Waals surface area (Å²) in [5, 5.41) is 1.63. The number of aryl methyl sites for hydroxylation is 2. The maximum Gasteiger partial charge on any atom is 0.146 e. The monoisotopic (exact) mass is 452 g/mol. The Balaban J connectivity index is 1.38. The van der Waals surface area contributed by atoms with Crippen molar-refractivity contribution in [2.24, 2.45) is 11.8 Å². The van der Waals surface area contributed by atoms with E-state index in [0.29, 0.717) is 10.9 Å². The van der Waals surface area contributed by atoms with Gasteiger partial charge in [-0.2, -0.15) is 0 Å². The van der Waals surface area contributed by atoms with Gasteiger partial charge in [-0.25, -0.2) is 4.39 Å². The molecule has 0 N–H and O–H groups in total. The molecule has 0 aromatic heterocycles. The van der Waals surface area contributed by atoms with Crippen LogP contribution in [0.2, 0.25) is 0 Å². The molecule has 1 aliphatic carbocycles. The van der Waals surface area contributed by atoms with Gasteiger partial charge in [-0.15, -0.1) is 6.58 Å². The highest BCUT2D eigenvalue weighted by atomic mass is 19.1. The molecular formula is C33H37F. The minimum Gasteiger partial charge on any atom is -0.205 e. The average Bonchev–Trinajstić information content (AvgIpc) is 2.87. The van der Waals surface area contributed by atoms with Crippen LogP contribution in [-0.2, 0) is 12.8 Å². The first kappa shape index (κ1) is 24.3. The molecule has 0 atom stereocenters. The third-order valence-corrected chi connectivity index (χ3v) is 7.44. The quantitative estimate of drug-likeness (QED) is 0.236. The van der Waals surface area contributed by atoms with Crippen molar-refractivity contribution in [3.05, 3.63) is 95.3 Å². The molecule has 3 aromatic carbocycles. The lowest BCUT2D eigenvalue weighted by Gasteiger charge is -2.28. The molecule has 34 heavy (non-hydrogen) atoms. The number of rotatable bonds is 8. The number of hydrogen-bond donors (Lipinski definition) is 0. The molecule has 0 radical (unpaired) electrons. The Kier molecular flexibility index (Phi) is 8.59. The largest absolute Gasteiger partial charge is 0.205 e. The fraction of sp³-hybridized carbons (Fsp3) is 0.394. The van der Waals surface area contributed by atoms with Crippen molar-refractivity contribution in [3.8, 4) is 11.8 Å². The van der Waals surface area contributed by atoms with Gasteiger partial charge in [0.05, 0.1) is 5.56 Å². The van der Waals surface area contributed by atoms with Crippen LogP contribution in [-0.4, -0.2) is 0 Å². The van der Waals surface area contributed by atoms with Crippen LogP contribution in [0.3, 0.4) is 0 Å². The molecule has 0 spiro atoms. The van der Waals surface area contributed by atoms with Gasteiger partial charge >= 0.3 is 0 Å². The van der Waals surface area contributed by atoms with Gasteiger partial charge < -0.3 is 0 Å². The van der Waals surface area contributed by atoms with Crippen molar-refractivity contribution < 1.29 is 4.39 Å². The molecule has 1 heteroatoms. The van der Waals surface area contributed by atoms with Gasteiger partial charge in [0.15, 0.2) is 0 Å². The maximum absolute atomic E-state index is 15.2. The molecule has 0 amide bonds. The highest BCUT2D eigenvalue weighted by Gasteiger charge is 2.20. The van der Waals surface area contributed by atoms with E-state index in [0.717, 1.165) is 48.5 Å². The van der Waals surface area contributed by atoms with E-state index in [2.05, 4.69) is 55.7 Å². The van der Waals surface area contributed by atoms with Crippen LogP contribution in [0.4, 0.5) is 4.39 Å². The van der Waals surface area contributed by atoms with Gasteiger partial charge in [0.2, 0.25) is 0 Å². The molecule has 0 unspecified atom stereocenters. The van der Waals surface area contributed by atoms with Crippen molar-refractivity contribution in [1.29, 1.82) is 0 Å². The van der Waals surface area contributed by atoms with Crippen LogP contribution in [0, 0.1) is 29.5 Å². The molecule has 0 bridgehead atoms. The fourth-order valence-corrected chi connectivity index (χ4v) is 5.31. The Morgan fingerprint density at radius 3 is 2.26 bits per heavy atom. The molecule has 176 valence electrons. The molecular weight excluding hydrogens is 415 g/mol. The van der Waals surface area contributed by atoms with E-state index in [1.807, 2.05) is 30.3 Å². The van der Waals surface area contributed by atoms with Gasteiger partial charge in [-0.3, -0.25) is 0 Å². The van der Waals surface area contributed by atoms with Crippen molar-refractivity contribution in [2.45, 2.75) is 71.1 Å². The summed E-state index contributed by atoms with van der Waals surface area (Å²) in [6.07, 6.45) is 14.5. The number of halogens is 1. The molecule has 0 saturated heterocycles. The standard InChI is InChI=1S/C33H37F/c1-3-5-7-26-10-14-27(15-11-26)16-17-29-19-23-32-31(24-29)22-21-30(33(32)34)20-18-28-12-8-25(6-4-2)9-13-28/h3,8-9,12-13,19,21-24,26-27H,1,4-7,10-11,14-17H2,2H3. The first-order valence-electron chi connectivity index (χ1n) is 13.1. The van der Waals surface area contributed by atoms with Gasteiger partial charge in [-0.1, -0.05) is 93.3 Å². The fourth-order valence-electron chi connectivity index (χ4n) is 5.31. The van der Waals surface area contributed by atoms with E-state index >= 15 is 4.39 Å². The van der Waals surface area contributed by atoms with Crippen LogP contribution in [0.1, 0.15) is 80.5 Å². The highest BCUT2D eigenvalue weighted by Crippen LogP contribution is 2.34. The predicted octanol–water partition coefficient (Wildman–Crippen LogP) is 9.04. The molecule has 1 aliphatic rings. The van der Waals surface area contributed by atoms with Crippen LogP contribution in [0.15, 0.2) is 67.3 Å². The molecule has 0 heterocycles. The third-order valence-electron chi connectivity index (χ3n) is 7.44.